The largest absolute Gasteiger partial charge is 0.373 e. The summed E-state index contributed by atoms with van der Waals surface area (Å²) in [6.45, 7) is 5.08. The van der Waals surface area contributed by atoms with Crippen molar-refractivity contribution in [3.63, 3.8) is 0 Å². The predicted octanol–water partition coefficient (Wildman–Crippen LogP) is 1.15. The maximum atomic E-state index is 12.2. The second-order valence-electron chi connectivity index (χ2n) is 6.05. The van der Waals surface area contributed by atoms with E-state index >= 15 is 0 Å². The van der Waals surface area contributed by atoms with Gasteiger partial charge in [0.05, 0.1) is 12.2 Å². The van der Waals surface area contributed by atoms with E-state index in [1.165, 1.54) is 0 Å². The Morgan fingerprint density at radius 2 is 2.22 bits per heavy atom. The molecule has 102 valence electrons. The van der Waals surface area contributed by atoms with Gasteiger partial charge in [0, 0.05) is 19.0 Å². The molecule has 0 bridgehead atoms. The maximum Gasteiger partial charge on any atom is 0.222 e. The normalized spacial score (nSPS) is 40.9. The van der Waals surface area contributed by atoms with E-state index in [0.717, 1.165) is 51.7 Å². The molecule has 3 rings (SSSR count). The molecule has 4 nitrogen and oxygen atoms in total. The average Bonchev–Trinajstić information content (AvgIpc) is 2.79. The molecule has 4 unspecified atom stereocenters. The quantitative estimate of drug-likeness (QED) is 0.801. The van der Waals surface area contributed by atoms with Gasteiger partial charge >= 0.3 is 0 Å². The fraction of sp³-hybridized carbons (Fsp3) is 0.929. The minimum Gasteiger partial charge on any atom is -0.373 e. The van der Waals surface area contributed by atoms with E-state index in [1.807, 2.05) is 0 Å². The fourth-order valence-corrected chi connectivity index (χ4v) is 3.73. The highest BCUT2D eigenvalue weighted by atomic mass is 16.5. The number of likely N-dealkylation sites (tertiary alicyclic amines) is 1. The Hall–Kier alpha value is -0.610. The number of amides is 1. The first-order valence-corrected chi connectivity index (χ1v) is 7.39. The second kappa shape index (κ2) is 5.17. The Balaban J connectivity index is 1.65. The highest BCUT2D eigenvalue weighted by Gasteiger charge is 2.38. The summed E-state index contributed by atoms with van der Waals surface area (Å²) in [5.74, 6) is 1.01. The molecule has 1 amide bonds. The number of fused-ring (bicyclic) bond motifs is 1. The number of ether oxygens (including phenoxy) is 1. The van der Waals surface area contributed by atoms with Gasteiger partial charge in [-0.25, -0.2) is 0 Å². The number of carbonyl (C=O) groups excluding carboxylic acids is 1. The van der Waals surface area contributed by atoms with E-state index in [2.05, 4.69) is 17.1 Å². The zero-order chi connectivity index (χ0) is 12.5. The van der Waals surface area contributed by atoms with Crippen LogP contribution in [0, 0.1) is 5.92 Å². The Kier molecular flexibility index (Phi) is 3.57. The van der Waals surface area contributed by atoms with Gasteiger partial charge in [-0.15, -0.1) is 0 Å². The van der Waals surface area contributed by atoms with Gasteiger partial charge in [0.1, 0.15) is 0 Å². The first kappa shape index (κ1) is 12.4. The number of nitrogens with zero attached hydrogens (tertiary/aromatic N) is 1. The molecule has 0 aromatic rings. The zero-order valence-electron chi connectivity index (χ0n) is 11.2. The van der Waals surface area contributed by atoms with E-state index in [1.54, 1.807) is 0 Å². The summed E-state index contributed by atoms with van der Waals surface area (Å²) in [4.78, 5) is 14.3. The molecular formula is C14H24N2O2. The lowest BCUT2D eigenvalue weighted by Crippen LogP contribution is -2.56. The van der Waals surface area contributed by atoms with Gasteiger partial charge < -0.3 is 15.0 Å². The molecular weight excluding hydrogens is 228 g/mol. The van der Waals surface area contributed by atoms with Crippen molar-refractivity contribution >= 4 is 5.91 Å². The van der Waals surface area contributed by atoms with Crippen LogP contribution < -0.4 is 5.32 Å². The van der Waals surface area contributed by atoms with Crippen molar-refractivity contribution in [2.45, 2.75) is 57.3 Å². The van der Waals surface area contributed by atoms with E-state index in [0.29, 0.717) is 24.0 Å². The van der Waals surface area contributed by atoms with Crippen LogP contribution in [0.15, 0.2) is 0 Å². The molecule has 3 aliphatic heterocycles. The molecule has 3 fully saturated rings. The minimum absolute atomic E-state index is 0.276. The first-order chi connectivity index (χ1) is 8.74. The smallest absolute Gasteiger partial charge is 0.222 e. The lowest BCUT2D eigenvalue weighted by molar-refractivity contribution is -0.142. The fourth-order valence-electron chi connectivity index (χ4n) is 3.73. The molecule has 4 atom stereocenters. The van der Waals surface area contributed by atoms with Gasteiger partial charge in [0.25, 0.3) is 0 Å². The van der Waals surface area contributed by atoms with E-state index in [9.17, 15) is 4.79 Å². The maximum absolute atomic E-state index is 12.2. The van der Waals surface area contributed by atoms with Crippen molar-refractivity contribution in [2.75, 3.05) is 19.6 Å². The second-order valence-corrected chi connectivity index (χ2v) is 6.05. The molecule has 4 heteroatoms. The zero-order valence-corrected chi connectivity index (χ0v) is 11.2. The molecule has 0 radical (unpaired) electrons. The van der Waals surface area contributed by atoms with E-state index < -0.39 is 0 Å². The highest BCUT2D eigenvalue weighted by Crippen LogP contribution is 2.30. The Bertz CT molecular complexity index is 321. The number of hydrogen-bond donors (Lipinski definition) is 1. The molecule has 0 aromatic heterocycles. The molecule has 0 aliphatic carbocycles. The van der Waals surface area contributed by atoms with Crippen LogP contribution >= 0.6 is 0 Å². The predicted molar refractivity (Wildman–Crippen MR) is 69.3 cm³/mol. The van der Waals surface area contributed by atoms with Crippen LogP contribution in [0.5, 0.6) is 0 Å². The topological polar surface area (TPSA) is 41.6 Å². The Morgan fingerprint density at radius 1 is 1.33 bits per heavy atom. The molecule has 3 heterocycles. The van der Waals surface area contributed by atoms with Gasteiger partial charge in [-0.1, -0.05) is 0 Å². The Morgan fingerprint density at radius 3 is 3.00 bits per heavy atom. The van der Waals surface area contributed by atoms with E-state index in [4.69, 9.17) is 4.74 Å². The summed E-state index contributed by atoms with van der Waals surface area (Å²) in [6.07, 6.45) is 5.80. The van der Waals surface area contributed by atoms with Gasteiger partial charge in [-0.2, -0.15) is 0 Å². The molecule has 1 N–H and O–H groups in total. The minimum atomic E-state index is 0.276. The van der Waals surface area contributed by atoms with Crippen LogP contribution in [-0.2, 0) is 9.53 Å². The number of rotatable bonds is 2. The molecule has 0 aromatic carbocycles. The highest BCUT2D eigenvalue weighted by molar-refractivity contribution is 5.77. The van der Waals surface area contributed by atoms with Gasteiger partial charge in [0.15, 0.2) is 0 Å². The third kappa shape index (κ3) is 2.41. The summed E-state index contributed by atoms with van der Waals surface area (Å²) in [6, 6.07) is 0.465. The summed E-state index contributed by atoms with van der Waals surface area (Å²) >= 11 is 0. The lowest BCUT2D eigenvalue weighted by Gasteiger charge is -2.44. The van der Waals surface area contributed by atoms with Crippen molar-refractivity contribution in [3.8, 4) is 0 Å². The van der Waals surface area contributed by atoms with Crippen LogP contribution in [0.3, 0.4) is 0 Å². The van der Waals surface area contributed by atoms with E-state index in [-0.39, 0.29) is 6.10 Å². The number of carbonyl (C=O) groups is 1. The molecule has 3 aliphatic rings. The summed E-state index contributed by atoms with van der Waals surface area (Å²) < 4.78 is 5.88. The Labute approximate surface area is 109 Å². The van der Waals surface area contributed by atoms with Crippen molar-refractivity contribution < 1.29 is 9.53 Å². The lowest BCUT2D eigenvalue weighted by atomic mass is 9.84. The van der Waals surface area contributed by atoms with Crippen molar-refractivity contribution in [1.29, 1.82) is 0 Å². The number of hydrogen-bond acceptors (Lipinski definition) is 3. The average molecular weight is 252 g/mol. The molecule has 3 saturated heterocycles. The monoisotopic (exact) mass is 252 g/mol. The summed E-state index contributed by atoms with van der Waals surface area (Å²) in [5, 5.41) is 3.45. The number of piperidine rings is 2. The van der Waals surface area contributed by atoms with Gasteiger partial charge in [-0.05, 0) is 51.6 Å². The SMILES string of the molecule is CC1CCC(CN2C(=O)CCC3CNCCC32)O1. The third-order valence-corrected chi connectivity index (χ3v) is 4.74. The van der Waals surface area contributed by atoms with Crippen molar-refractivity contribution in [2.24, 2.45) is 5.92 Å². The molecule has 0 spiro atoms. The van der Waals surface area contributed by atoms with Crippen molar-refractivity contribution in [1.82, 2.24) is 10.2 Å². The first-order valence-electron chi connectivity index (χ1n) is 7.39. The molecule has 0 saturated carbocycles. The van der Waals surface area contributed by atoms with Crippen LogP contribution in [0.25, 0.3) is 0 Å². The van der Waals surface area contributed by atoms with Gasteiger partial charge in [0.2, 0.25) is 5.91 Å². The van der Waals surface area contributed by atoms with Crippen LogP contribution in [0.1, 0.15) is 39.0 Å². The van der Waals surface area contributed by atoms with Gasteiger partial charge in [-0.3, -0.25) is 4.79 Å². The van der Waals surface area contributed by atoms with Crippen LogP contribution in [0.4, 0.5) is 0 Å². The summed E-state index contributed by atoms with van der Waals surface area (Å²) in [5.41, 5.74) is 0. The summed E-state index contributed by atoms with van der Waals surface area (Å²) in [7, 11) is 0. The van der Waals surface area contributed by atoms with Crippen LogP contribution in [0.2, 0.25) is 0 Å². The standard InChI is InChI=1S/C14H24N2O2/c1-10-2-4-12(18-10)9-16-13-6-7-15-8-11(13)3-5-14(16)17/h10-13,15H,2-9H2,1H3. The number of nitrogens with one attached hydrogen (secondary N) is 1. The van der Waals surface area contributed by atoms with Crippen molar-refractivity contribution in [3.05, 3.63) is 0 Å². The third-order valence-electron chi connectivity index (χ3n) is 4.74. The van der Waals surface area contributed by atoms with Crippen LogP contribution in [-0.4, -0.2) is 48.7 Å². The molecule has 18 heavy (non-hydrogen) atoms.